The lowest BCUT2D eigenvalue weighted by atomic mass is 9.98. The molecule has 1 heterocycles. The van der Waals surface area contributed by atoms with Crippen molar-refractivity contribution in [3.8, 4) is 5.75 Å². The van der Waals surface area contributed by atoms with Crippen LogP contribution in [0.1, 0.15) is 40.0 Å². The Morgan fingerprint density at radius 3 is 2.31 bits per heavy atom. The van der Waals surface area contributed by atoms with Gasteiger partial charge in [-0.25, -0.2) is 4.39 Å². The lowest BCUT2D eigenvalue weighted by molar-refractivity contribution is -0.138. The van der Waals surface area contributed by atoms with E-state index in [0.717, 1.165) is 11.6 Å². The molecule has 26 heavy (non-hydrogen) atoms. The number of nitrogens with zero attached hydrogens (tertiary/aromatic N) is 1. The van der Waals surface area contributed by atoms with Crippen molar-refractivity contribution in [1.82, 2.24) is 4.57 Å². The van der Waals surface area contributed by atoms with Gasteiger partial charge in [0.1, 0.15) is 0 Å². The van der Waals surface area contributed by atoms with Gasteiger partial charge in [0, 0.05) is 22.7 Å². The molecule has 0 saturated carbocycles. The Morgan fingerprint density at radius 2 is 1.73 bits per heavy atom. The summed E-state index contributed by atoms with van der Waals surface area (Å²) in [6.45, 7) is 5.01. The Balaban J connectivity index is 2.33. The maximum atomic E-state index is 14.0. The fourth-order valence-electron chi connectivity index (χ4n) is 3.21. The van der Waals surface area contributed by atoms with Crippen LogP contribution in [0.5, 0.6) is 5.75 Å². The fourth-order valence-corrected chi connectivity index (χ4v) is 3.21. The first-order chi connectivity index (χ1) is 12.2. The number of aromatic nitrogens is 1. The quantitative estimate of drug-likeness (QED) is 0.745. The second kappa shape index (κ2) is 6.29. The molecule has 2 N–H and O–H groups in total. The number of phenolic OH excluding ortho intramolecular Hbond substituents is 1. The Labute approximate surface area is 149 Å². The number of carbonyl (C=O) groups excluding carboxylic acids is 1. The topological polar surface area (TPSA) is 79.5 Å². The summed E-state index contributed by atoms with van der Waals surface area (Å²) in [5, 5.41) is 19.5. The number of carbonyl (C=O) groups is 2. The molecule has 1 aromatic heterocycles. The number of hydrogen-bond donors (Lipinski definition) is 2. The van der Waals surface area contributed by atoms with E-state index >= 15 is 0 Å². The third-order valence-corrected chi connectivity index (χ3v) is 4.63. The maximum Gasteiger partial charge on any atom is 0.310 e. The van der Waals surface area contributed by atoms with Crippen LogP contribution in [0, 0.1) is 19.7 Å². The Kier molecular flexibility index (Phi) is 4.28. The van der Waals surface area contributed by atoms with Gasteiger partial charge in [-0.3, -0.25) is 14.2 Å². The van der Waals surface area contributed by atoms with Crippen molar-refractivity contribution in [3.05, 3.63) is 64.6 Å². The molecule has 0 fully saturated rings. The van der Waals surface area contributed by atoms with Crippen molar-refractivity contribution in [2.45, 2.75) is 26.7 Å². The van der Waals surface area contributed by atoms with Crippen molar-refractivity contribution < 1.29 is 24.2 Å². The Hall–Kier alpha value is -3.15. The van der Waals surface area contributed by atoms with Crippen LogP contribution in [-0.2, 0) is 4.79 Å². The lowest BCUT2D eigenvalue weighted by Gasteiger charge is -2.09. The van der Waals surface area contributed by atoms with Crippen molar-refractivity contribution in [3.63, 3.8) is 0 Å². The summed E-state index contributed by atoms with van der Waals surface area (Å²) in [6, 6.07) is 9.15. The zero-order chi connectivity index (χ0) is 19.2. The number of aliphatic carboxylic acids is 1. The van der Waals surface area contributed by atoms with E-state index in [1.165, 1.54) is 17.6 Å². The first-order valence-electron chi connectivity index (χ1n) is 8.10. The molecule has 0 aliphatic carbocycles. The molecular weight excluding hydrogens is 337 g/mol. The molecule has 0 radical (unpaired) electrons. The van der Waals surface area contributed by atoms with E-state index in [2.05, 4.69) is 0 Å². The molecule has 1 unspecified atom stereocenters. The molecule has 5 nitrogen and oxygen atoms in total. The number of hydrogen-bond acceptors (Lipinski definition) is 3. The highest BCUT2D eigenvalue weighted by atomic mass is 19.1. The number of rotatable bonds is 3. The highest BCUT2D eigenvalue weighted by molar-refractivity contribution is 6.05. The van der Waals surface area contributed by atoms with Crippen LogP contribution >= 0.6 is 0 Å². The number of carboxylic acids is 1. The van der Waals surface area contributed by atoms with Gasteiger partial charge in [-0.2, -0.15) is 0 Å². The average molecular weight is 355 g/mol. The summed E-state index contributed by atoms with van der Waals surface area (Å²) < 4.78 is 15.3. The number of fused-ring (bicyclic) bond motifs is 1. The first-order valence-corrected chi connectivity index (χ1v) is 8.10. The third-order valence-electron chi connectivity index (χ3n) is 4.63. The summed E-state index contributed by atoms with van der Waals surface area (Å²) in [4.78, 5) is 24.5. The number of carboxylic acid groups (broad SMARTS) is 1. The minimum atomic E-state index is -1.07. The summed E-state index contributed by atoms with van der Waals surface area (Å²) in [5.41, 5.74) is 2.41. The second-order valence-corrected chi connectivity index (χ2v) is 6.39. The van der Waals surface area contributed by atoms with Gasteiger partial charge in [0.25, 0.3) is 5.91 Å². The predicted octanol–water partition coefficient (Wildman–Crippen LogP) is 3.98. The zero-order valence-corrected chi connectivity index (χ0v) is 14.6. The van der Waals surface area contributed by atoms with Crippen LogP contribution in [0.3, 0.4) is 0 Å². The SMILES string of the molecule is Cc1ccc(C(=O)n2c(C)c(C(C)C(=O)O)c3cc(O)c(F)cc32)cc1. The van der Waals surface area contributed by atoms with Crippen LogP contribution in [0.4, 0.5) is 4.39 Å². The number of aromatic hydroxyl groups is 1. The summed E-state index contributed by atoms with van der Waals surface area (Å²) in [5.74, 6) is -3.84. The number of benzene rings is 2. The van der Waals surface area contributed by atoms with Gasteiger partial charge in [0.05, 0.1) is 11.4 Å². The van der Waals surface area contributed by atoms with Gasteiger partial charge in [0.2, 0.25) is 0 Å². The lowest BCUT2D eigenvalue weighted by Crippen LogP contribution is -2.15. The van der Waals surface area contributed by atoms with Crippen molar-refractivity contribution in [2.24, 2.45) is 0 Å². The molecule has 3 aromatic rings. The molecule has 2 aromatic carbocycles. The van der Waals surface area contributed by atoms with E-state index in [-0.39, 0.29) is 11.4 Å². The van der Waals surface area contributed by atoms with Gasteiger partial charge in [-0.05, 0) is 44.5 Å². The van der Waals surface area contributed by atoms with Crippen LogP contribution in [0.25, 0.3) is 10.9 Å². The molecule has 0 bridgehead atoms. The molecule has 3 rings (SSSR count). The Bertz CT molecular complexity index is 1030. The summed E-state index contributed by atoms with van der Waals surface area (Å²) >= 11 is 0. The fraction of sp³-hybridized carbons (Fsp3) is 0.200. The first kappa shape index (κ1) is 17.7. The molecule has 134 valence electrons. The van der Waals surface area contributed by atoms with Gasteiger partial charge >= 0.3 is 5.97 Å². The third kappa shape index (κ3) is 2.73. The monoisotopic (exact) mass is 355 g/mol. The van der Waals surface area contributed by atoms with Gasteiger partial charge < -0.3 is 10.2 Å². The molecule has 6 heteroatoms. The van der Waals surface area contributed by atoms with E-state index in [9.17, 15) is 24.2 Å². The van der Waals surface area contributed by atoms with Crippen molar-refractivity contribution >= 4 is 22.8 Å². The van der Waals surface area contributed by atoms with E-state index in [0.29, 0.717) is 22.2 Å². The Morgan fingerprint density at radius 1 is 1.12 bits per heavy atom. The van der Waals surface area contributed by atoms with E-state index < -0.39 is 23.5 Å². The second-order valence-electron chi connectivity index (χ2n) is 6.39. The van der Waals surface area contributed by atoms with Gasteiger partial charge in [0.15, 0.2) is 11.6 Å². The van der Waals surface area contributed by atoms with Crippen molar-refractivity contribution in [1.29, 1.82) is 0 Å². The van der Waals surface area contributed by atoms with Crippen LogP contribution in [0.2, 0.25) is 0 Å². The smallest absolute Gasteiger partial charge is 0.310 e. The summed E-state index contributed by atoms with van der Waals surface area (Å²) in [7, 11) is 0. The minimum Gasteiger partial charge on any atom is -0.505 e. The predicted molar refractivity (Wildman–Crippen MR) is 95.3 cm³/mol. The summed E-state index contributed by atoms with van der Waals surface area (Å²) in [6.07, 6.45) is 0. The van der Waals surface area contributed by atoms with Crippen LogP contribution in [0.15, 0.2) is 36.4 Å². The van der Waals surface area contributed by atoms with Crippen molar-refractivity contribution in [2.75, 3.05) is 0 Å². The highest BCUT2D eigenvalue weighted by Gasteiger charge is 2.27. The zero-order valence-electron chi connectivity index (χ0n) is 14.6. The molecule has 0 aliphatic rings. The standard InChI is InChI=1S/C20H18FNO4/c1-10-4-6-13(7-5-10)19(24)22-12(3)18(11(2)20(25)26)14-8-17(23)15(21)9-16(14)22/h4-9,11,23H,1-3H3,(H,25,26). The molecule has 1 atom stereocenters. The van der Waals surface area contributed by atoms with E-state index in [1.807, 2.05) is 6.92 Å². The van der Waals surface area contributed by atoms with Crippen LogP contribution < -0.4 is 0 Å². The number of aryl methyl sites for hydroxylation is 1. The molecule has 0 saturated heterocycles. The van der Waals surface area contributed by atoms with Gasteiger partial charge in [-0.1, -0.05) is 17.7 Å². The molecular formula is C20H18FNO4. The largest absolute Gasteiger partial charge is 0.505 e. The molecule has 0 amide bonds. The van der Waals surface area contributed by atoms with E-state index in [1.54, 1.807) is 31.2 Å². The van der Waals surface area contributed by atoms with Gasteiger partial charge in [-0.15, -0.1) is 0 Å². The molecule has 0 aliphatic heterocycles. The highest BCUT2D eigenvalue weighted by Crippen LogP contribution is 2.35. The molecule has 0 spiro atoms. The normalized spacial score (nSPS) is 12.3. The van der Waals surface area contributed by atoms with Crippen LogP contribution in [-0.4, -0.2) is 26.7 Å². The average Bonchev–Trinajstić information content (AvgIpc) is 2.85. The minimum absolute atomic E-state index is 0.228. The maximum absolute atomic E-state index is 14.0. The number of halogens is 1. The van der Waals surface area contributed by atoms with E-state index in [4.69, 9.17) is 0 Å². The number of phenols is 1.